The number of aryl methyl sites for hydroxylation is 1. The third-order valence-electron chi connectivity index (χ3n) is 4.88. The number of carbonyl (C=O) groups is 2. The second-order valence-corrected chi connectivity index (χ2v) is 7.88. The molecule has 0 aliphatic heterocycles. The molecule has 2 heterocycles. The van der Waals surface area contributed by atoms with Crippen LogP contribution in [0, 0.1) is 6.92 Å². The Morgan fingerprint density at radius 2 is 1.88 bits per heavy atom. The molecule has 0 fully saturated rings. The molecule has 174 valence electrons. The first-order valence-electron chi connectivity index (χ1n) is 10.8. The first kappa shape index (κ1) is 24.0. The van der Waals surface area contributed by atoms with Crippen LogP contribution in [0.25, 0.3) is 11.2 Å². The maximum atomic E-state index is 12.5. The zero-order chi connectivity index (χ0) is 24.0. The third kappa shape index (κ3) is 6.42. The second-order valence-electron chi connectivity index (χ2n) is 7.88. The lowest BCUT2D eigenvalue weighted by Crippen LogP contribution is -2.42. The van der Waals surface area contributed by atoms with Crippen LogP contribution in [-0.2, 0) is 16.1 Å². The quantitative estimate of drug-likeness (QED) is 0.425. The summed E-state index contributed by atoms with van der Waals surface area (Å²) in [6, 6.07) is 6.26. The van der Waals surface area contributed by atoms with E-state index in [1.807, 2.05) is 20.8 Å². The van der Waals surface area contributed by atoms with E-state index in [2.05, 4.69) is 30.6 Å². The van der Waals surface area contributed by atoms with Gasteiger partial charge < -0.3 is 20.4 Å². The normalized spacial score (nSPS) is 12.0. The zero-order valence-corrected chi connectivity index (χ0v) is 19.1. The number of hydrogen-bond donors (Lipinski definition) is 3. The first-order valence-corrected chi connectivity index (χ1v) is 10.8. The average Bonchev–Trinajstić information content (AvgIpc) is 2.79. The number of carbonyl (C=O) groups excluding carboxylic acids is 2. The molecule has 1 amide bonds. The van der Waals surface area contributed by atoms with Gasteiger partial charge in [-0.25, -0.2) is 9.97 Å². The minimum absolute atomic E-state index is 0.0293. The van der Waals surface area contributed by atoms with Gasteiger partial charge in [0.25, 0.3) is 5.91 Å². The number of nitrogens with one attached hydrogen (secondary N) is 3. The number of amides is 1. The number of Topliss-reactive ketones (excluding diaryl/α,β-unsaturated/α-hetero) is 1. The second kappa shape index (κ2) is 10.8. The van der Waals surface area contributed by atoms with Crippen molar-refractivity contribution in [3.05, 3.63) is 57.9 Å². The highest BCUT2D eigenvalue weighted by atomic mass is 16.5. The van der Waals surface area contributed by atoms with Gasteiger partial charge in [-0.3, -0.25) is 14.4 Å². The fourth-order valence-electron chi connectivity index (χ4n) is 3.09. The molecule has 1 atom stereocenters. The summed E-state index contributed by atoms with van der Waals surface area (Å²) < 4.78 is 5.35. The van der Waals surface area contributed by atoms with Gasteiger partial charge >= 0.3 is 5.56 Å². The minimum Gasteiger partial charge on any atom is -0.379 e. The highest BCUT2D eigenvalue weighted by molar-refractivity contribution is 5.98. The van der Waals surface area contributed by atoms with Crippen molar-refractivity contribution in [2.24, 2.45) is 0 Å². The van der Waals surface area contributed by atoms with Crippen LogP contribution in [-0.4, -0.2) is 50.4 Å². The summed E-state index contributed by atoms with van der Waals surface area (Å²) >= 11 is 0. The molecular formula is C23H28N6O4. The Bertz CT molecular complexity index is 1190. The van der Waals surface area contributed by atoms with Crippen LogP contribution in [0.4, 0.5) is 5.69 Å². The number of ether oxygens (including phenoxy) is 1. The predicted molar refractivity (Wildman–Crippen MR) is 124 cm³/mol. The molecule has 0 bridgehead atoms. The Morgan fingerprint density at radius 1 is 1.15 bits per heavy atom. The summed E-state index contributed by atoms with van der Waals surface area (Å²) in [4.78, 5) is 52.1. The number of rotatable bonds is 10. The SMILES string of the molecule is CCC(NC(=O)c1ccc(NCc2cnc3[nH]c(C)nc(=O)c3n2)cc1)C(=O)COC(C)C. The van der Waals surface area contributed by atoms with Crippen LogP contribution in [0.15, 0.2) is 35.3 Å². The summed E-state index contributed by atoms with van der Waals surface area (Å²) in [5, 5.41) is 5.95. The molecule has 3 rings (SSSR count). The van der Waals surface area contributed by atoms with Crippen LogP contribution in [0.3, 0.4) is 0 Å². The molecule has 3 N–H and O–H groups in total. The predicted octanol–water partition coefficient (Wildman–Crippen LogP) is 2.14. The van der Waals surface area contributed by atoms with Crippen LogP contribution < -0.4 is 16.2 Å². The zero-order valence-electron chi connectivity index (χ0n) is 19.1. The molecule has 2 aromatic heterocycles. The average molecular weight is 453 g/mol. The highest BCUT2D eigenvalue weighted by Crippen LogP contribution is 2.12. The van der Waals surface area contributed by atoms with E-state index >= 15 is 0 Å². The summed E-state index contributed by atoms with van der Waals surface area (Å²) in [7, 11) is 0. The number of anilines is 1. The molecule has 0 radical (unpaired) electrons. The molecule has 33 heavy (non-hydrogen) atoms. The number of nitrogens with zero attached hydrogens (tertiary/aromatic N) is 3. The molecule has 0 saturated carbocycles. The van der Waals surface area contributed by atoms with Crippen molar-refractivity contribution in [3.8, 4) is 0 Å². The Labute approximate surface area is 191 Å². The van der Waals surface area contributed by atoms with Crippen molar-refractivity contribution in [2.75, 3.05) is 11.9 Å². The van der Waals surface area contributed by atoms with Gasteiger partial charge in [-0.2, -0.15) is 4.98 Å². The van der Waals surface area contributed by atoms with Gasteiger partial charge in [-0.15, -0.1) is 0 Å². The van der Waals surface area contributed by atoms with Crippen LogP contribution >= 0.6 is 0 Å². The molecule has 10 heteroatoms. The van der Waals surface area contributed by atoms with Gasteiger partial charge in [0.15, 0.2) is 16.9 Å². The summed E-state index contributed by atoms with van der Waals surface area (Å²) in [5.41, 5.74) is 1.93. The van der Waals surface area contributed by atoms with E-state index in [1.54, 1.807) is 37.4 Å². The summed E-state index contributed by atoms with van der Waals surface area (Å²) in [6.07, 6.45) is 2.01. The van der Waals surface area contributed by atoms with Crippen LogP contribution in [0.1, 0.15) is 49.1 Å². The highest BCUT2D eigenvalue weighted by Gasteiger charge is 2.20. The van der Waals surface area contributed by atoms with Gasteiger partial charge in [-0.1, -0.05) is 6.92 Å². The summed E-state index contributed by atoms with van der Waals surface area (Å²) in [6.45, 7) is 7.54. The fraction of sp³-hybridized carbons (Fsp3) is 0.391. The number of hydrogen-bond acceptors (Lipinski definition) is 8. The van der Waals surface area contributed by atoms with Crippen molar-refractivity contribution in [1.29, 1.82) is 0 Å². The summed E-state index contributed by atoms with van der Waals surface area (Å²) in [5.74, 6) is 0.00237. The molecule has 0 aliphatic carbocycles. The lowest BCUT2D eigenvalue weighted by molar-refractivity contribution is -0.126. The van der Waals surface area contributed by atoms with E-state index in [1.165, 1.54) is 0 Å². The number of benzene rings is 1. The minimum atomic E-state index is -0.595. The van der Waals surface area contributed by atoms with Crippen molar-refractivity contribution in [2.45, 2.75) is 52.8 Å². The van der Waals surface area contributed by atoms with Crippen molar-refractivity contribution >= 4 is 28.5 Å². The number of H-pyrrole nitrogens is 1. The Balaban J connectivity index is 1.59. The Hall–Kier alpha value is -3.66. The van der Waals surface area contributed by atoms with E-state index in [0.29, 0.717) is 35.7 Å². The molecule has 3 aromatic rings. The third-order valence-corrected chi connectivity index (χ3v) is 4.88. The van der Waals surface area contributed by atoms with E-state index < -0.39 is 11.6 Å². The number of aromatic nitrogens is 4. The lowest BCUT2D eigenvalue weighted by Gasteiger charge is -2.17. The molecule has 0 spiro atoms. The van der Waals surface area contributed by atoms with Gasteiger partial charge in [-0.05, 0) is 51.5 Å². The van der Waals surface area contributed by atoms with Crippen LogP contribution in [0.2, 0.25) is 0 Å². The van der Waals surface area contributed by atoms with E-state index in [0.717, 1.165) is 5.69 Å². The topological polar surface area (TPSA) is 139 Å². The van der Waals surface area contributed by atoms with Gasteiger partial charge in [0.1, 0.15) is 12.4 Å². The van der Waals surface area contributed by atoms with Crippen molar-refractivity contribution < 1.29 is 14.3 Å². The van der Waals surface area contributed by atoms with E-state index in [9.17, 15) is 14.4 Å². The van der Waals surface area contributed by atoms with Crippen molar-refractivity contribution in [3.63, 3.8) is 0 Å². The maximum absolute atomic E-state index is 12.5. The molecule has 0 saturated heterocycles. The Morgan fingerprint density at radius 3 is 2.55 bits per heavy atom. The van der Waals surface area contributed by atoms with Crippen molar-refractivity contribution in [1.82, 2.24) is 25.3 Å². The van der Waals surface area contributed by atoms with E-state index in [-0.39, 0.29) is 29.9 Å². The Kier molecular flexibility index (Phi) is 7.83. The number of ketones is 1. The largest absolute Gasteiger partial charge is 0.379 e. The first-order chi connectivity index (χ1) is 15.8. The van der Waals surface area contributed by atoms with Gasteiger partial charge in [0.05, 0.1) is 30.6 Å². The van der Waals surface area contributed by atoms with Crippen LogP contribution in [0.5, 0.6) is 0 Å². The number of aromatic amines is 1. The van der Waals surface area contributed by atoms with Gasteiger partial charge in [0, 0.05) is 11.3 Å². The monoisotopic (exact) mass is 452 g/mol. The van der Waals surface area contributed by atoms with E-state index in [4.69, 9.17) is 4.74 Å². The number of fused-ring (bicyclic) bond motifs is 1. The molecule has 10 nitrogen and oxygen atoms in total. The standard InChI is InChI=1S/C23H28N6O4/c1-5-18(19(30)12-33-13(2)3)29-22(31)15-6-8-16(9-7-15)24-10-17-11-25-21-20(28-17)23(32)27-14(4)26-21/h6-9,11,13,18,24H,5,10,12H2,1-4H3,(H,29,31)(H,25,26,27,32). The molecule has 1 aromatic carbocycles. The molecule has 0 aliphatic rings. The smallest absolute Gasteiger partial charge is 0.301 e. The fourth-order valence-corrected chi connectivity index (χ4v) is 3.09. The van der Waals surface area contributed by atoms with Gasteiger partial charge in [0.2, 0.25) is 0 Å². The lowest BCUT2D eigenvalue weighted by atomic mass is 10.1. The maximum Gasteiger partial charge on any atom is 0.301 e. The molecular weight excluding hydrogens is 424 g/mol. The molecule has 1 unspecified atom stereocenters.